The topological polar surface area (TPSA) is 101 Å². The number of hydrogen-bond acceptors (Lipinski definition) is 7. The number of nitro benzene ring substituents is 1. The number of nitrogens with one attached hydrogen (secondary N) is 1. The summed E-state index contributed by atoms with van der Waals surface area (Å²) < 4.78 is 10.9. The summed E-state index contributed by atoms with van der Waals surface area (Å²) in [5.41, 5.74) is 1.90. The summed E-state index contributed by atoms with van der Waals surface area (Å²) in [6, 6.07) is 17.8. The summed E-state index contributed by atoms with van der Waals surface area (Å²) in [6.07, 6.45) is 1.81. The molecule has 1 saturated heterocycles. The van der Waals surface area contributed by atoms with Crippen molar-refractivity contribution in [3.8, 4) is 5.75 Å². The predicted octanol–water partition coefficient (Wildman–Crippen LogP) is 3.42. The Balaban J connectivity index is 1.34. The number of piperazine rings is 1. The van der Waals surface area contributed by atoms with Gasteiger partial charge in [0.05, 0.1) is 30.8 Å². The van der Waals surface area contributed by atoms with Gasteiger partial charge in [0.2, 0.25) is 5.91 Å². The highest BCUT2D eigenvalue weighted by molar-refractivity contribution is 5.78. The molecule has 0 spiro atoms. The Morgan fingerprint density at radius 3 is 2.38 bits per heavy atom. The van der Waals surface area contributed by atoms with Gasteiger partial charge in [0, 0.05) is 50.5 Å². The molecule has 3 aromatic rings. The van der Waals surface area contributed by atoms with Gasteiger partial charge in [-0.3, -0.25) is 19.8 Å². The number of furan rings is 1. The van der Waals surface area contributed by atoms with E-state index >= 15 is 0 Å². The zero-order valence-corrected chi connectivity index (χ0v) is 19.1. The zero-order valence-electron chi connectivity index (χ0n) is 19.1. The number of carbonyl (C=O) groups is 1. The van der Waals surface area contributed by atoms with Crippen molar-refractivity contribution in [1.82, 2.24) is 10.2 Å². The van der Waals surface area contributed by atoms with E-state index in [1.807, 2.05) is 24.3 Å². The van der Waals surface area contributed by atoms with Gasteiger partial charge < -0.3 is 19.4 Å². The van der Waals surface area contributed by atoms with Gasteiger partial charge in [0.1, 0.15) is 11.5 Å². The second kappa shape index (κ2) is 10.8. The molecule has 1 amide bonds. The molecule has 0 aliphatic carbocycles. The third-order valence-electron chi connectivity index (χ3n) is 6.07. The molecule has 1 aromatic heterocycles. The van der Waals surface area contributed by atoms with E-state index in [4.69, 9.17) is 9.15 Å². The molecule has 0 bridgehead atoms. The first-order chi connectivity index (χ1) is 16.5. The fourth-order valence-corrected chi connectivity index (χ4v) is 4.17. The summed E-state index contributed by atoms with van der Waals surface area (Å²) in [6.45, 7) is 3.80. The number of nitro groups is 1. The van der Waals surface area contributed by atoms with Crippen LogP contribution in [0, 0.1) is 10.1 Å². The molecule has 2 aromatic carbocycles. The number of non-ortho nitro benzene ring substituents is 1. The summed E-state index contributed by atoms with van der Waals surface area (Å²) in [5.74, 6) is 1.51. The molecular formula is C25H28N4O5. The summed E-state index contributed by atoms with van der Waals surface area (Å²) in [4.78, 5) is 27.6. The fraction of sp³-hybridized carbons (Fsp3) is 0.320. The van der Waals surface area contributed by atoms with Crippen LogP contribution in [-0.2, 0) is 11.2 Å². The van der Waals surface area contributed by atoms with Crippen LogP contribution in [-0.4, -0.2) is 55.6 Å². The van der Waals surface area contributed by atoms with Gasteiger partial charge in [-0.1, -0.05) is 12.1 Å². The number of rotatable bonds is 9. The first kappa shape index (κ1) is 23.3. The predicted molar refractivity (Wildman–Crippen MR) is 128 cm³/mol. The number of anilines is 1. The van der Waals surface area contributed by atoms with E-state index in [9.17, 15) is 14.9 Å². The highest BCUT2D eigenvalue weighted by Gasteiger charge is 2.27. The maximum Gasteiger partial charge on any atom is 0.269 e. The van der Waals surface area contributed by atoms with Crippen molar-refractivity contribution in [2.75, 3.05) is 44.7 Å². The summed E-state index contributed by atoms with van der Waals surface area (Å²) in [7, 11) is 1.66. The lowest BCUT2D eigenvalue weighted by molar-refractivity contribution is -0.384. The van der Waals surface area contributed by atoms with Crippen molar-refractivity contribution in [2.24, 2.45) is 0 Å². The normalized spacial score (nSPS) is 15.0. The SMILES string of the molecule is COc1ccc(N2CCN(C(CNC(=O)Cc3ccc([N+](=O)[O-])cc3)c3ccco3)CC2)cc1. The third-order valence-corrected chi connectivity index (χ3v) is 6.07. The molecule has 178 valence electrons. The van der Waals surface area contributed by atoms with E-state index in [0.717, 1.165) is 48.9 Å². The van der Waals surface area contributed by atoms with Crippen LogP contribution in [0.1, 0.15) is 17.4 Å². The lowest BCUT2D eigenvalue weighted by Gasteiger charge is -2.39. The Labute approximate surface area is 198 Å². The number of benzene rings is 2. The lowest BCUT2D eigenvalue weighted by Crippen LogP contribution is -2.50. The number of carbonyl (C=O) groups excluding carboxylic acids is 1. The maximum atomic E-state index is 12.6. The Bertz CT molecular complexity index is 1080. The molecule has 1 unspecified atom stereocenters. The highest BCUT2D eigenvalue weighted by atomic mass is 16.6. The molecule has 2 heterocycles. The van der Waals surface area contributed by atoms with Crippen molar-refractivity contribution >= 4 is 17.3 Å². The number of hydrogen-bond donors (Lipinski definition) is 1. The molecule has 1 fully saturated rings. The van der Waals surface area contributed by atoms with Gasteiger partial charge in [0.15, 0.2) is 0 Å². The van der Waals surface area contributed by atoms with Gasteiger partial charge in [-0.2, -0.15) is 0 Å². The van der Waals surface area contributed by atoms with Crippen LogP contribution in [0.4, 0.5) is 11.4 Å². The first-order valence-electron chi connectivity index (χ1n) is 11.2. The molecule has 1 atom stereocenters. The van der Waals surface area contributed by atoms with Gasteiger partial charge in [-0.05, 0) is 42.0 Å². The molecule has 4 rings (SSSR count). The van der Waals surface area contributed by atoms with E-state index in [-0.39, 0.29) is 24.1 Å². The molecule has 9 heteroatoms. The standard InChI is InChI=1S/C25H28N4O5/c1-33-22-10-8-20(9-11-22)27-12-14-28(15-13-27)23(24-3-2-16-34-24)18-26-25(30)17-19-4-6-21(7-5-19)29(31)32/h2-11,16,23H,12-15,17-18H2,1H3,(H,26,30). The Morgan fingerprint density at radius 2 is 1.79 bits per heavy atom. The fourth-order valence-electron chi connectivity index (χ4n) is 4.17. The van der Waals surface area contributed by atoms with E-state index in [2.05, 4.69) is 27.2 Å². The summed E-state index contributed by atoms with van der Waals surface area (Å²) >= 11 is 0. The second-order valence-corrected chi connectivity index (χ2v) is 8.16. The quantitative estimate of drug-likeness (QED) is 0.382. The number of nitrogens with zero attached hydrogens (tertiary/aromatic N) is 3. The average molecular weight is 465 g/mol. The lowest BCUT2D eigenvalue weighted by atomic mass is 10.1. The Hall–Kier alpha value is -3.85. The van der Waals surface area contributed by atoms with Crippen molar-refractivity contribution in [3.63, 3.8) is 0 Å². The molecule has 0 radical (unpaired) electrons. The van der Waals surface area contributed by atoms with E-state index < -0.39 is 4.92 Å². The minimum atomic E-state index is -0.452. The van der Waals surface area contributed by atoms with E-state index in [1.165, 1.54) is 12.1 Å². The monoisotopic (exact) mass is 464 g/mol. The van der Waals surface area contributed by atoms with Crippen LogP contribution in [0.15, 0.2) is 71.3 Å². The minimum absolute atomic E-state index is 0.0100. The molecule has 1 N–H and O–H groups in total. The van der Waals surface area contributed by atoms with Crippen molar-refractivity contribution in [2.45, 2.75) is 12.5 Å². The zero-order chi connectivity index (χ0) is 23.9. The number of ether oxygens (including phenoxy) is 1. The van der Waals surface area contributed by atoms with Gasteiger partial charge >= 0.3 is 0 Å². The Kier molecular flexibility index (Phi) is 7.44. The van der Waals surface area contributed by atoms with Crippen LogP contribution in [0.25, 0.3) is 0 Å². The molecule has 34 heavy (non-hydrogen) atoms. The van der Waals surface area contributed by atoms with Crippen LogP contribution in [0.2, 0.25) is 0 Å². The minimum Gasteiger partial charge on any atom is -0.497 e. The van der Waals surface area contributed by atoms with E-state index in [0.29, 0.717) is 6.54 Å². The van der Waals surface area contributed by atoms with Crippen molar-refractivity contribution in [1.29, 1.82) is 0 Å². The number of amides is 1. The van der Waals surface area contributed by atoms with Gasteiger partial charge in [0.25, 0.3) is 5.69 Å². The second-order valence-electron chi connectivity index (χ2n) is 8.16. The molecule has 1 aliphatic rings. The van der Waals surface area contributed by atoms with Crippen molar-refractivity contribution in [3.05, 3.63) is 88.4 Å². The molecule has 1 aliphatic heterocycles. The third kappa shape index (κ3) is 5.74. The molecule has 9 nitrogen and oxygen atoms in total. The number of methoxy groups -OCH3 is 1. The molecular weight excluding hydrogens is 436 g/mol. The van der Waals surface area contributed by atoms with Crippen molar-refractivity contribution < 1.29 is 18.9 Å². The van der Waals surface area contributed by atoms with Crippen LogP contribution in [0.5, 0.6) is 5.75 Å². The smallest absolute Gasteiger partial charge is 0.269 e. The van der Waals surface area contributed by atoms with E-state index in [1.54, 1.807) is 25.5 Å². The van der Waals surface area contributed by atoms with Crippen LogP contribution < -0.4 is 15.0 Å². The summed E-state index contributed by atoms with van der Waals surface area (Å²) in [5, 5.41) is 13.8. The largest absolute Gasteiger partial charge is 0.497 e. The van der Waals surface area contributed by atoms with Crippen LogP contribution in [0.3, 0.4) is 0 Å². The Morgan fingerprint density at radius 1 is 1.09 bits per heavy atom. The average Bonchev–Trinajstić information content (AvgIpc) is 3.40. The van der Waals surface area contributed by atoms with Gasteiger partial charge in [-0.25, -0.2) is 0 Å². The maximum absolute atomic E-state index is 12.6. The molecule has 0 saturated carbocycles. The first-order valence-corrected chi connectivity index (χ1v) is 11.2. The highest BCUT2D eigenvalue weighted by Crippen LogP contribution is 2.25. The van der Waals surface area contributed by atoms with Crippen LogP contribution >= 0.6 is 0 Å². The van der Waals surface area contributed by atoms with Gasteiger partial charge in [-0.15, -0.1) is 0 Å².